The van der Waals surface area contributed by atoms with Crippen molar-refractivity contribution in [1.82, 2.24) is 10.9 Å². The molecule has 1 aliphatic heterocycles. The lowest BCUT2D eigenvalue weighted by Crippen LogP contribution is -2.61. The number of carbonyl (C=O) groups excluding carboxylic acids is 1. The Hall–Kier alpha value is -3.03. The number of fused-ring (bicyclic) bond motifs is 1. The Kier molecular flexibility index (Phi) is 5.58. The van der Waals surface area contributed by atoms with Gasteiger partial charge in [0.25, 0.3) is 5.78 Å². The van der Waals surface area contributed by atoms with Crippen molar-refractivity contribution >= 4 is 17.7 Å². The van der Waals surface area contributed by atoms with Crippen molar-refractivity contribution in [2.45, 2.75) is 37.8 Å². The zero-order chi connectivity index (χ0) is 20.3. The van der Waals surface area contributed by atoms with Gasteiger partial charge in [0.05, 0.1) is 5.56 Å². The summed E-state index contributed by atoms with van der Waals surface area (Å²) in [5.41, 5.74) is 7.16. The molecule has 0 aromatic heterocycles. The van der Waals surface area contributed by atoms with Crippen LogP contribution in [-0.4, -0.2) is 33.5 Å². The Labute approximate surface area is 162 Å². The fraction of sp³-hybridized carbons (Fsp3) is 0.286. The molecule has 0 bridgehead atoms. The quantitative estimate of drug-likeness (QED) is 0.566. The van der Waals surface area contributed by atoms with E-state index in [-0.39, 0.29) is 18.5 Å². The number of carboxylic acids is 2. The van der Waals surface area contributed by atoms with Crippen LogP contribution in [-0.2, 0) is 22.6 Å². The molecule has 4 N–H and O–H groups in total. The SMILES string of the molecule is CC1c2ccc(C(=O)O)cc2CNNC1(CCc1ccccc1)C(=O)C(=O)O. The van der Waals surface area contributed by atoms with Crippen LogP contribution in [0.25, 0.3) is 0 Å². The molecule has 0 spiro atoms. The number of carboxylic acid groups (broad SMARTS) is 2. The lowest BCUT2D eigenvalue weighted by molar-refractivity contribution is -0.153. The van der Waals surface area contributed by atoms with Crippen molar-refractivity contribution in [3.8, 4) is 0 Å². The fourth-order valence-electron chi connectivity index (χ4n) is 3.81. The van der Waals surface area contributed by atoms with Crippen molar-refractivity contribution in [3.05, 3.63) is 70.8 Å². The van der Waals surface area contributed by atoms with Crippen LogP contribution >= 0.6 is 0 Å². The molecule has 2 aromatic carbocycles. The van der Waals surface area contributed by atoms with Gasteiger partial charge in [-0.05, 0) is 41.7 Å². The van der Waals surface area contributed by atoms with Gasteiger partial charge in [0.2, 0.25) is 0 Å². The summed E-state index contributed by atoms with van der Waals surface area (Å²) in [5.74, 6) is -3.93. The number of carbonyl (C=O) groups is 3. The summed E-state index contributed by atoms with van der Waals surface area (Å²) in [5, 5.41) is 18.7. The molecule has 0 saturated carbocycles. The summed E-state index contributed by atoms with van der Waals surface area (Å²) < 4.78 is 0. The third-order valence-electron chi connectivity index (χ3n) is 5.44. The van der Waals surface area contributed by atoms with E-state index in [0.717, 1.165) is 16.7 Å². The maximum absolute atomic E-state index is 12.8. The Morgan fingerprint density at radius 2 is 1.82 bits per heavy atom. The minimum absolute atomic E-state index is 0.147. The van der Waals surface area contributed by atoms with Gasteiger partial charge < -0.3 is 10.2 Å². The third kappa shape index (κ3) is 3.67. The van der Waals surface area contributed by atoms with Crippen molar-refractivity contribution < 1.29 is 24.6 Å². The zero-order valence-corrected chi connectivity index (χ0v) is 15.4. The second-order valence-electron chi connectivity index (χ2n) is 7.01. The number of rotatable bonds is 6. The van der Waals surface area contributed by atoms with Gasteiger partial charge in [-0.1, -0.05) is 43.3 Å². The molecule has 3 rings (SSSR count). The summed E-state index contributed by atoms with van der Waals surface area (Å²) in [6, 6.07) is 14.3. The molecule has 1 heterocycles. The van der Waals surface area contributed by atoms with Crippen molar-refractivity contribution in [2.75, 3.05) is 0 Å². The second-order valence-corrected chi connectivity index (χ2v) is 7.01. The molecule has 7 heteroatoms. The summed E-state index contributed by atoms with van der Waals surface area (Å²) in [4.78, 5) is 35.7. The average molecular weight is 382 g/mol. The van der Waals surface area contributed by atoms with Gasteiger partial charge in [0.1, 0.15) is 5.54 Å². The molecule has 2 aromatic rings. The highest BCUT2D eigenvalue weighted by Crippen LogP contribution is 2.36. The van der Waals surface area contributed by atoms with Gasteiger partial charge in [-0.2, -0.15) is 0 Å². The normalized spacial score (nSPS) is 21.4. The standard InChI is InChI=1S/C21H22N2O5/c1-13-17-8-7-15(19(25)26)11-16(17)12-22-23-21(13,18(24)20(27)28)10-9-14-5-3-2-4-6-14/h2-8,11,13,22-23H,9-10,12H2,1H3,(H,25,26)(H,27,28). The van der Waals surface area contributed by atoms with Crippen LogP contribution in [0, 0.1) is 0 Å². The van der Waals surface area contributed by atoms with Gasteiger partial charge in [0, 0.05) is 12.5 Å². The molecule has 0 amide bonds. The number of aromatic carboxylic acids is 1. The van der Waals surface area contributed by atoms with Gasteiger partial charge in [-0.25, -0.2) is 15.0 Å². The van der Waals surface area contributed by atoms with E-state index in [1.54, 1.807) is 19.1 Å². The van der Waals surface area contributed by atoms with Gasteiger partial charge >= 0.3 is 11.9 Å². The van der Waals surface area contributed by atoms with Gasteiger partial charge in [0.15, 0.2) is 0 Å². The highest BCUT2D eigenvalue weighted by molar-refractivity contribution is 6.36. The monoisotopic (exact) mass is 382 g/mol. The molecule has 1 aliphatic rings. The first-order chi connectivity index (χ1) is 13.3. The molecule has 0 fully saturated rings. The predicted octanol–water partition coefficient (Wildman–Crippen LogP) is 2.12. The number of hydrazine groups is 1. The number of hydrogen-bond donors (Lipinski definition) is 4. The van der Waals surface area contributed by atoms with E-state index in [4.69, 9.17) is 0 Å². The number of nitrogens with one attached hydrogen (secondary N) is 2. The molecule has 2 unspecified atom stereocenters. The predicted molar refractivity (Wildman–Crippen MR) is 102 cm³/mol. The molecule has 7 nitrogen and oxygen atoms in total. The zero-order valence-electron chi connectivity index (χ0n) is 15.4. The highest BCUT2D eigenvalue weighted by atomic mass is 16.4. The molecule has 0 aliphatic carbocycles. The Balaban J connectivity index is 2.02. The average Bonchev–Trinajstić information content (AvgIpc) is 2.83. The first kappa shape index (κ1) is 19.7. The van der Waals surface area contributed by atoms with Crippen LogP contribution in [0.5, 0.6) is 0 Å². The number of Topliss-reactive ketones (excluding diaryl/α,β-unsaturated/α-hetero) is 1. The molecular weight excluding hydrogens is 360 g/mol. The van der Waals surface area contributed by atoms with E-state index in [1.165, 1.54) is 6.07 Å². The van der Waals surface area contributed by atoms with Crippen LogP contribution in [0.4, 0.5) is 0 Å². The van der Waals surface area contributed by atoms with E-state index >= 15 is 0 Å². The summed E-state index contributed by atoms with van der Waals surface area (Å²) in [6.45, 7) is 2.08. The Morgan fingerprint density at radius 3 is 2.46 bits per heavy atom. The number of aliphatic carboxylic acids is 1. The summed E-state index contributed by atoms with van der Waals surface area (Å²) in [7, 11) is 0. The van der Waals surface area contributed by atoms with Crippen LogP contribution < -0.4 is 10.9 Å². The van der Waals surface area contributed by atoms with E-state index in [1.807, 2.05) is 30.3 Å². The topological polar surface area (TPSA) is 116 Å². The highest BCUT2D eigenvalue weighted by Gasteiger charge is 2.48. The maximum Gasteiger partial charge on any atom is 0.374 e. The smallest absolute Gasteiger partial charge is 0.374 e. The summed E-state index contributed by atoms with van der Waals surface area (Å²) >= 11 is 0. The van der Waals surface area contributed by atoms with Crippen molar-refractivity contribution in [2.24, 2.45) is 0 Å². The third-order valence-corrected chi connectivity index (χ3v) is 5.44. The Bertz CT molecular complexity index is 912. The van der Waals surface area contributed by atoms with E-state index < -0.39 is 29.2 Å². The van der Waals surface area contributed by atoms with Crippen LogP contribution in [0.2, 0.25) is 0 Å². The van der Waals surface area contributed by atoms with Crippen LogP contribution in [0.1, 0.15) is 46.3 Å². The minimum atomic E-state index is -1.50. The molecule has 0 radical (unpaired) electrons. The molecule has 146 valence electrons. The minimum Gasteiger partial charge on any atom is -0.478 e. The molecule has 2 atom stereocenters. The molecule has 28 heavy (non-hydrogen) atoms. The van der Waals surface area contributed by atoms with Crippen molar-refractivity contribution in [3.63, 3.8) is 0 Å². The first-order valence-corrected chi connectivity index (χ1v) is 9.03. The van der Waals surface area contributed by atoms with E-state index in [0.29, 0.717) is 6.42 Å². The number of ketones is 1. The number of benzene rings is 2. The first-order valence-electron chi connectivity index (χ1n) is 9.03. The molecular formula is C21H22N2O5. The van der Waals surface area contributed by atoms with Crippen LogP contribution in [0.15, 0.2) is 48.5 Å². The maximum atomic E-state index is 12.8. The second kappa shape index (κ2) is 7.92. The molecule has 0 saturated heterocycles. The largest absolute Gasteiger partial charge is 0.478 e. The van der Waals surface area contributed by atoms with E-state index in [2.05, 4.69) is 10.9 Å². The van der Waals surface area contributed by atoms with Gasteiger partial charge in [-0.15, -0.1) is 0 Å². The van der Waals surface area contributed by atoms with Crippen molar-refractivity contribution in [1.29, 1.82) is 0 Å². The number of aryl methyl sites for hydroxylation is 1. The van der Waals surface area contributed by atoms with Gasteiger partial charge in [-0.3, -0.25) is 10.2 Å². The Morgan fingerprint density at radius 1 is 1.11 bits per heavy atom. The lowest BCUT2D eigenvalue weighted by Gasteiger charge is -2.36. The lowest BCUT2D eigenvalue weighted by atomic mass is 9.73. The van der Waals surface area contributed by atoms with E-state index in [9.17, 15) is 24.6 Å². The summed E-state index contributed by atoms with van der Waals surface area (Å²) in [6.07, 6.45) is 0.790. The van der Waals surface area contributed by atoms with Crippen LogP contribution in [0.3, 0.4) is 0 Å². The fourth-order valence-corrected chi connectivity index (χ4v) is 3.81. The number of hydrogen-bond acceptors (Lipinski definition) is 5.